The second-order valence-electron chi connectivity index (χ2n) is 3.64. The van der Waals surface area contributed by atoms with E-state index in [0.717, 1.165) is 6.42 Å². The van der Waals surface area contributed by atoms with E-state index in [0.29, 0.717) is 13.0 Å². The van der Waals surface area contributed by atoms with E-state index >= 15 is 0 Å². The molecule has 0 unspecified atom stereocenters. The van der Waals surface area contributed by atoms with Crippen molar-refractivity contribution in [3.05, 3.63) is 0 Å². The van der Waals surface area contributed by atoms with Gasteiger partial charge in [0.15, 0.2) is 0 Å². The van der Waals surface area contributed by atoms with E-state index in [2.05, 4.69) is 5.32 Å². The van der Waals surface area contributed by atoms with Gasteiger partial charge in [0.25, 0.3) is 0 Å². The number of nitrogens with two attached hydrogens (primary N) is 1. The Balaban J connectivity index is 2.64. The molecular formula is C9H17N3O2. The Bertz CT molecular complexity index is 242. The molecule has 0 radical (unpaired) electrons. The molecule has 3 N–H and O–H groups in total. The molecule has 80 valence electrons. The first kappa shape index (κ1) is 11.0. The molecule has 1 aliphatic rings. The number of carbonyl (C=O) groups excluding carboxylic acids is 2. The Kier molecular flexibility index (Phi) is 3.46. The first-order valence-electron chi connectivity index (χ1n) is 4.83. The number of amides is 2. The Morgan fingerprint density at radius 1 is 1.71 bits per heavy atom. The molecule has 0 aromatic heterocycles. The van der Waals surface area contributed by atoms with Gasteiger partial charge in [-0.25, -0.2) is 0 Å². The van der Waals surface area contributed by atoms with Crippen molar-refractivity contribution in [2.75, 3.05) is 13.6 Å². The van der Waals surface area contributed by atoms with Gasteiger partial charge in [-0.15, -0.1) is 0 Å². The molecule has 0 bridgehead atoms. The summed E-state index contributed by atoms with van der Waals surface area (Å²) in [6, 6.07) is -0.418. The van der Waals surface area contributed by atoms with Crippen LogP contribution in [0, 0.1) is 0 Å². The molecule has 5 nitrogen and oxygen atoms in total. The van der Waals surface area contributed by atoms with Gasteiger partial charge in [0, 0.05) is 26.1 Å². The van der Waals surface area contributed by atoms with Crippen LogP contribution in [0.15, 0.2) is 0 Å². The average Bonchev–Trinajstić information content (AvgIpc) is 2.19. The molecule has 1 rings (SSSR count). The lowest BCUT2D eigenvalue weighted by molar-refractivity contribution is -0.142. The molecule has 14 heavy (non-hydrogen) atoms. The second-order valence-corrected chi connectivity index (χ2v) is 3.64. The maximum absolute atomic E-state index is 11.5. The second kappa shape index (κ2) is 4.41. The minimum absolute atomic E-state index is 0.000180. The average molecular weight is 199 g/mol. The highest BCUT2D eigenvalue weighted by Crippen LogP contribution is 2.13. The smallest absolute Gasteiger partial charge is 0.242 e. The summed E-state index contributed by atoms with van der Waals surface area (Å²) in [5, 5.41) is 2.52. The van der Waals surface area contributed by atoms with Crippen molar-refractivity contribution >= 4 is 11.8 Å². The van der Waals surface area contributed by atoms with Gasteiger partial charge in [0.2, 0.25) is 11.8 Å². The van der Waals surface area contributed by atoms with Crippen molar-refractivity contribution in [3.8, 4) is 0 Å². The highest BCUT2D eigenvalue weighted by molar-refractivity contribution is 5.87. The minimum Gasteiger partial charge on any atom is -0.357 e. The number of hydrogen-bond acceptors (Lipinski definition) is 3. The number of likely N-dealkylation sites (tertiary alicyclic amines) is 1. The van der Waals surface area contributed by atoms with E-state index in [1.807, 2.05) is 0 Å². The largest absolute Gasteiger partial charge is 0.357 e. The Morgan fingerprint density at radius 3 is 2.93 bits per heavy atom. The highest BCUT2D eigenvalue weighted by Gasteiger charge is 2.30. The number of nitrogens with zero attached hydrogens (tertiary/aromatic N) is 1. The van der Waals surface area contributed by atoms with Crippen LogP contribution < -0.4 is 11.1 Å². The van der Waals surface area contributed by atoms with E-state index in [1.165, 1.54) is 0 Å². The molecule has 1 aliphatic heterocycles. The van der Waals surface area contributed by atoms with Crippen molar-refractivity contribution < 1.29 is 9.59 Å². The molecule has 5 heteroatoms. The number of rotatable bonds is 2. The molecule has 1 fully saturated rings. The van der Waals surface area contributed by atoms with Crippen molar-refractivity contribution in [3.63, 3.8) is 0 Å². The number of hydrogen-bond donors (Lipinski definition) is 2. The predicted molar refractivity (Wildman–Crippen MR) is 52.5 cm³/mol. The Morgan fingerprint density at radius 2 is 2.36 bits per heavy atom. The lowest BCUT2D eigenvalue weighted by Crippen LogP contribution is -2.54. The molecular weight excluding hydrogens is 182 g/mol. The van der Waals surface area contributed by atoms with Crippen LogP contribution in [0.3, 0.4) is 0 Å². The third-order valence-electron chi connectivity index (χ3n) is 2.57. The zero-order valence-corrected chi connectivity index (χ0v) is 8.62. The zero-order chi connectivity index (χ0) is 10.7. The van der Waals surface area contributed by atoms with Gasteiger partial charge in [-0.05, 0) is 13.3 Å². The van der Waals surface area contributed by atoms with Crippen molar-refractivity contribution in [1.82, 2.24) is 10.2 Å². The van der Waals surface area contributed by atoms with Crippen molar-refractivity contribution in [1.29, 1.82) is 0 Å². The van der Waals surface area contributed by atoms with Crippen LogP contribution in [-0.4, -0.2) is 42.4 Å². The van der Waals surface area contributed by atoms with Gasteiger partial charge in [-0.3, -0.25) is 9.59 Å². The Labute approximate surface area is 83.6 Å². The molecule has 2 atom stereocenters. The summed E-state index contributed by atoms with van der Waals surface area (Å²) >= 11 is 0. The van der Waals surface area contributed by atoms with Crippen molar-refractivity contribution in [2.24, 2.45) is 5.73 Å². The van der Waals surface area contributed by atoms with Crippen LogP contribution in [0.2, 0.25) is 0 Å². The van der Waals surface area contributed by atoms with E-state index in [-0.39, 0.29) is 17.9 Å². The van der Waals surface area contributed by atoms with Gasteiger partial charge in [0.05, 0.1) is 0 Å². The zero-order valence-electron chi connectivity index (χ0n) is 8.62. The van der Waals surface area contributed by atoms with Crippen LogP contribution in [0.4, 0.5) is 0 Å². The topological polar surface area (TPSA) is 75.4 Å². The number of carbonyl (C=O) groups is 2. The predicted octanol–water partition coefficient (Wildman–Crippen LogP) is -0.929. The van der Waals surface area contributed by atoms with Gasteiger partial charge in [0.1, 0.15) is 6.04 Å². The summed E-state index contributed by atoms with van der Waals surface area (Å²) in [7, 11) is 1.56. The molecule has 2 amide bonds. The highest BCUT2D eigenvalue weighted by atomic mass is 16.2. The first-order valence-corrected chi connectivity index (χ1v) is 4.83. The maximum atomic E-state index is 11.5. The van der Waals surface area contributed by atoms with Crippen molar-refractivity contribution in [2.45, 2.75) is 31.8 Å². The Hall–Kier alpha value is -1.10. The summed E-state index contributed by atoms with van der Waals surface area (Å²) in [5.74, 6) is -0.129. The molecule has 1 saturated heterocycles. The van der Waals surface area contributed by atoms with Gasteiger partial charge in [-0.2, -0.15) is 0 Å². The summed E-state index contributed by atoms with van der Waals surface area (Å²) in [4.78, 5) is 24.4. The fourth-order valence-corrected chi connectivity index (χ4v) is 1.62. The minimum atomic E-state index is -0.418. The van der Waals surface area contributed by atoms with Gasteiger partial charge < -0.3 is 16.0 Å². The number of nitrogens with one attached hydrogen (secondary N) is 1. The standard InChI is InChI=1S/C9H17N3O2/c1-6(9(14)11-2)12-5-7(10)3-4-8(12)13/h6-7H,3-5,10H2,1-2H3,(H,11,14)/t6-,7-/m1/s1. The fraction of sp³-hybridized carbons (Fsp3) is 0.778. The third kappa shape index (κ3) is 2.23. The van der Waals surface area contributed by atoms with Gasteiger partial charge in [-0.1, -0.05) is 0 Å². The SMILES string of the molecule is CNC(=O)[C@@H](C)N1C[C@H](N)CCC1=O. The summed E-state index contributed by atoms with van der Waals surface area (Å²) < 4.78 is 0. The quantitative estimate of drug-likeness (QED) is 0.603. The molecule has 0 saturated carbocycles. The fourth-order valence-electron chi connectivity index (χ4n) is 1.62. The molecule has 0 spiro atoms. The molecule has 0 aromatic carbocycles. The summed E-state index contributed by atoms with van der Waals surface area (Å²) in [6.45, 7) is 2.20. The van der Waals surface area contributed by atoms with Crippen LogP contribution >= 0.6 is 0 Å². The van der Waals surface area contributed by atoms with E-state index in [1.54, 1.807) is 18.9 Å². The lowest BCUT2D eigenvalue weighted by atomic mass is 10.0. The molecule has 1 heterocycles. The summed E-state index contributed by atoms with van der Waals surface area (Å²) in [5.41, 5.74) is 5.74. The monoisotopic (exact) mass is 199 g/mol. The first-order chi connectivity index (χ1) is 6.56. The number of piperidine rings is 1. The van der Waals surface area contributed by atoms with E-state index in [9.17, 15) is 9.59 Å². The van der Waals surface area contributed by atoms with Crippen LogP contribution in [0.1, 0.15) is 19.8 Å². The third-order valence-corrected chi connectivity index (χ3v) is 2.57. The normalized spacial score (nSPS) is 24.6. The van der Waals surface area contributed by atoms with E-state index < -0.39 is 6.04 Å². The molecule has 0 aromatic rings. The van der Waals surface area contributed by atoms with Crippen LogP contribution in [-0.2, 0) is 9.59 Å². The molecule has 0 aliphatic carbocycles. The van der Waals surface area contributed by atoms with E-state index in [4.69, 9.17) is 5.73 Å². The summed E-state index contributed by atoms with van der Waals surface area (Å²) in [6.07, 6.45) is 1.16. The van der Waals surface area contributed by atoms with Gasteiger partial charge >= 0.3 is 0 Å². The lowest BCUT2D eigenvalue weighted by Gasteiger charge is -2.34. The van der Waals surface area contributed by atoms with Crippen LogP contribution in [0.5, 0.6) is 0 Å². The number of likely N-dealkylation sites (N-methyl/N-ethyl adjacent to an activating group) is 1. The maximum Gasteiger partial charge on any atom is 0.242 e. The van der Waals surface area contributed by atoms with Crippen LogP contribution in [0.25, 0.3) is 0 Å².